The third kappa shape index (κ3) is 3.57. The number of hydrogen-bond donors (Lipinski definition) is 0. The molecule has 2 aromatic carbocycles. The van der Waals surface area contributed by atoms with Crippen molar-refractivity contribution in [3.05, 3.63) is 65.0 Å². The Morgan fingerprint density at radius 3 is 2.71 bits per heavy atom. The first-order chi connectivity index (χ1) is 13.5. The molecule has 1 aliphatic heterocycles. The molecule has 146 valence electrons. The van der Waals surface area contributed by atoms with Crippen molar-refractivity contribution >= 4 is 21.6 Å². The van der Waals surface area contributed by atoms with E-state index in [9.17, 15) is 8.42 Å². The van der Waals surface area contributed by atoms with Crippen LogP contribution < -0.4 is 0 Å². The van der Waals surface area contributed by atoms with Gasteiger partial charge in [0.15, 0.2) is 0 Å². The summed E-state index contributed by atoms with van der Waals surface area (Å²) in [5.41, 5.74) is 1.82. The highest BCUT2D eigenvalue weighted by Gasteiger charge is 2.39. The van der Waals surface area contributed by atoms with E-state index in [1.165, 1.54) is 4.31 Å². The fraction of sp³-hybridized carbons (Fsp3) is 0.300. The summed E-state index contributed by atoms with van der Waals surface area (Å²) in [6.45, 7) is 2.46. The molecule has 0 spiro atoms. The van der Waals surface area contributed by atoms with Gasteiger partial charge in [0, 0.05) is 17.1 Å². The first-order valence-corrected chi connectivity index (χ1v) is 11.0. The molecule has 0 bridgehead atoms. The lowest BCUT2D eigenvalue weighted by molar-refractivity contribution is 0.290. The van der Waals surface area contributed by atoms with Crippen LogP contribution in [-0.4, -0.2) is 29.4 Å². The molecule has 3 aromatic rings. The SMILES string of the molecule is CCc1ccc(S(=O)(=O)N2CCC[C@@H]2c2nc(-c3cccc(Cl)c3)no2)cc1. The quantitative estimate of drug-likeness (QED) is 0.611. The van der Waals surface area contributed by atoms with Gasteiger partial charge in [-0.25, -0.2) is 8.42 Å². The number of nitrogens with zero attached hydrogens (tertiary/aromatic N) is 3. The van der Waals surface area contributed by atoms with Crippen molar-refractivity contribution in [1.29, 1.82) is 0 Å². The molecule has 1 atom stereocenters. The molecule has 1 aliphatic rings. The highest BCUT2D eigenvalue weighted by Crippen LogP contribution is 2.36. The second-order valence-corrected chi connectivity index (χ2v) is 9.06. The van der Waals surface area contributed by atoms with Gasteiger partial charge in [0.2, 0.25) is 21.7 Å². The zero-order valence-electron chi connectivity index (χ0n) is 15.4. The van der Waals surface area contributed by atoms with E-state index in [0.29, 0.717) is 29.7 Å². The molecular weight excluding hydrogens is 398 g/mol. The van der Waals surface area contributed by atoms with Crippen LogP contribution in [0.3, 0.4) is 0 Å². The minimum atomic E-state index is -3.64. The Balaban J connectivity index is 1.63. The topological polar surface area (TPSA) is 76.3 Å². The maximum atomic E-state index is 13.2. The molecule has 0 aliphatic carbocycles. The second-order valence-electron chi connectivity index (χ2n) is 6.74. The molecule has 0 unspecified atom stereocenters. The van der Waals surface area contributed by atoms with E-state index in [2.05, 4.69) is 10.1 Å². The number of sulfonamides is 1. The highest BCUT2D eigenvalue weighted by molar-refractivity contribution is 7.89. The Bertz CT molecular complexity index is 1080. The van der Waals surface area contributed by atoms with E-state index in [0.717, 1.165) is 24.0 Å². The summed E-state index contributed by atoms with van der Waals surface area (Å²) < 4.78 is 33.2. The summed E-state index contributed by atoms with van der Waals surface area (Å²) in [5.74, 6) is 0.704. The van der Waals surface area contributed by atoms with Crippen molar-refractivity contribution < 1.29 is 12.9 Å². The summed E-state index contributed by atoms with van der Waals surface area (Å²) in [6.07, 6.45) is 2.25. The lowest BCUT2D eigenvalue weighted by Gasteiger charge is -2.21. The van der Waals surface area contributed by atoms with Crippen LogP contribution in [0.4, 0.5) is 0 Å². The maximum absolute atomic E-state index is 13.2. The van der Waals surface area contributed by atoms with Gasteiger partial charge in [0.1, 0.15) is 6.04 Å². The van der Waals surface area contributed by atoms with Crippen molar-refractivity contribution in [3.8, 4) is 11.4 Å². The summed E-state index contributed by atoms with van der Waals surface area (Å²) in [6, 6.07) is 13.7. The number of hydrogen-bond acceptors (Lipinski definition) is 5. The predicted octanol–water partition coefficient (Wildman–Crippen LogP) is 4.48. The van der Waals surface area contributed by atoms with Crippen LogP contribution in [0.25, 0.3) is 11.4 Å². The van der Waals surface area contributed by atoms with Gasteiger partial charge in [-0.1, -0.05) is 47.9 Å². The van der Waals surface area contributed by atoms with Crippen molar-refractivity contribution in [1.82, 2.24) is 14.4 Å². The molecule has 0 N–H and O–H groups in total. The summed E-state index contributed by atoms with van der Waals surface area (Å²) in [7, 11) is -3.64. The van der Waals surface area contributed by atoms with Gasteiger partial charge in [-0.2, -0.15) is 9.29 Å². The second kappa shape index (κ2) is 7.66. The molecule has 1 fully saturated rings. The van der Waals surface area contributed by atoms with E-state index in [1.807, 2.05) is 25.1 Å². The van der Waals surface area contributed by atoms with Crippen LogP contribution in [0.1, 0.15) is 37.3 Å². The Labute approximate surface area is 169 Å². The summed E-state index contributed by atoms with van der Waals surface area (Å²) in [4.78, 5) is 4.73. The van der Waals surface area contributed by atoms with Crippen LogP contribution in [0, 0.1) is 0 Å². The molecule has 28 heavy (non-hydrogen) atoms. The molecule has 4 rings (SSSR count). The van der Waals surface area contributed by atoms with Crippen LogP contribution in [0.5, 0.6) is 0 Å². The van der Waals surface area contributed by atoms with Crippen molar-refractivity contribution in [3.63, 3.8) is 0 Å². The lowest BCUT2D eigenvalue weighted by atomic mass is 10.2. The van der Waals surface area contributed by atoms with Crippen LogP contribution in [0.15, 0.2) is 57.9 Å². The third-order valence-corrected chi connectivity index (χ3v) is 7.11. The summed E-state index contributed by atoms with van der Waals surface area (Å²) >= 11 is 6.03. The van der Waals surface area contributed by atoms with E-state index in [1.54, 1.807) is 30.3 Å². The number of rotatable bonds is 5. The molecule has 0 radical (unpaired) electrons. The average molecular weight is 418 g/mol. The zero-order valence-corrected chi connectivity index (χ0v) is 16.9. The summed E-state index contributed by atoms with van der Waals surface area (Å²) in [5, 5.41) is 4.59. The number of benzene rings is 2. The third-order valence-electron chi connectivity index (χ3n) is 4.95. The molecule has 0 amide bonds. The van der Waals surface area contributed by atoms with Gasteiger partial charge in [-0.05, 0) is 49.1 Å². The Hall–Kier alpha value is -2.22. The first kappa shape index (κ1) is 19.1. The molecule has 1 saturated heterocycles. The molecule has 2 heterocycles. The molecule has 0 saturated carbocycles. The van der Waals surface area contributed by atoms with E-state index in [4.69, 9.17) is 16.1 Å². The molecule has 6 nitrogen and oxygen atoms in total. The predicted molar refractivity (Wildman–Crippen MR) is 106 cm³/mol. The normalized spacial score (nSPS) is 17.9. The molecule has 8 heteroatoms. The largest absolute Gasteiger partial charge is 0.337 e. The smallest absolute Gasteiger partial charge is 0.245 e. The van der Waals surface area contributed by atoms with E-state index < -0.39 is 16.1 Å². The average Bonchev–Trinajstić information content (AvgIpc) is 3.37. The number of aromatic nitrogens is 2. The van der Waals surface area contributed by atoms with Gasteiger partial charge in [-0.3, -0.25) is 0 Å². The van der Waals surface area contributed by atoms with Crippen molar-refractivity contribution in [2.75, 3.05) is 6.54 Å². The minimum absolute atomic E-state index is 0.283. The van der Waals surface area contributed by atoms with Gasteiger partial charge in [0.25, 0.3) is 0 Å². The van der Waals surface area contributed by atoms with E-state index in [-0.39, 0.29) is 4.90 Å². The lowest BCUT2D eigenvalue weighted by Crippen LogP contribution is -2.30. The number of aryl methyl sites for hydroxylation is 1. The van der Waals surface area contributed by atoms with Crippen molar-refractivity contribution in [2.24, 2.45) is 0 Å². The molecule has 1 aromatic heterocycles. The van der Waals surface area contributed by atoms with Gasteiger partial charge < -0.3 is 4.52 Å². The number of halogens is 1. The fourth-order valence-electron chi connectivity index (χ4n) is 3.42. The zero-order chi connectivity index (χ0) is 19.7. The van der Waals surface area contributed by atoms with Crippen LogP contribution in [-0.2, 0) is 16.4 Å². The Morgan fingerprint density at radius 1 is 1.21 bits per heavy atom. The minimum Gasteiger partial charge on any atom is -0.337 e. The van der Waals surface area contributed by atoms with Gasteiger partial charge in [-0.15, -0.1) is 0 Å². The van der Waals surface area contributed by atoms with Gasteiger partial charge >= 0.3 is 0 Å². The highest BCUT2D eigenvalue weighted by atomic mass is 35.5. The van der Waals surface area contributed by atoms with E-state index >= 15 is 0 Å². The Morgan fingerprint density at radius 2 is 2.00 bits per heavy atom. The fourth-order valence-corrected chi connectivity index (χ4v) is 5.26. The molecular formula is C20H20ClN3O3S. The van der Waals surface area contributed by atoms with Crippen LogP contribution in [0.2, 0.25) is 5.02 Å². The maximum Gasteiger partial charge on any atom is 0.245 e. The van der Waals surface area contributed by atoms with Crippen molar-refractivity contribution in [2.45, 2.75) is 37.1 Å². The van der Waals surface area contributed by atoms with Crippen LogP contribution >= 0.6 is 11.6 Å². The standard InChI is InChI=1S/C20H20ClN3O3S/c1-2-14-8-10-17(11-9-14)28(25,26)24-12-4-7-18(24)20-22-19(23-27-20)15-5-3-6-16(21)13-15/h3,5-6,8-11,13,18H,2,4,7,12H2,1H3/t18-/m1/s1. The monoisotopic (exact) mass is 417 g/mol. The van der Waals surface area contributed by atoms with Gasteiger partial charge in [0.05, 0.1) is 4.90 Å². The first-order valence-electron chi connectivity index (χ1n) is 9.19. The Kier molecular flexibility index (Phi) is 5.23.